The van der Waals surface area contributed by atoms with Crippen LogP contribution in [0.2, 0.25) is 0 Å². The first kappa shape index (κ1) is 37.2. The molecule has 0 aromatic heterocycles. The van der Waals surface area contributed by atoms with Crippen molar-refractivity contribution in [1.82, 2.24) is 9.80 Å². The quantitative estimate of drug-likeness (QED) is 0.287. The van der Waals surface area contributed by atoms with E-state index in [2.05, 4.69) is 65.8 Å². The summed E-state index contributed by atoms with van der Waals surface area (Å²) < 4.78 is 0. The number of hydrogen-bond donors (Lipinski definition) is 2. The van der Waals surface area contributed by atoms with E-state index in [1.807, 2.05) is 34.1 Å². The predicted octanol–water partition coefficient (Wildman–Crippen LogP) is 8.62. The van der Waals surface area contributed by atoms with Gasteiger partial charge in [0, 0.05) is 47.8 Å². The van der Waals surface area contributed by atoms with Crippen LogP contribution in [0, 0.1) is 45.3 Å². The van der Waals surface area contributed by atoms with Gasteiger partial charge in [-0.2, -0.15) is 0 Å². The lowest BCUT2D eigenvalue weighted by Crippen LogP contribution is -2.55. The fraction of sp³-hybridized carbons (Fsp3) is 0.489. The minimum absolute atomic E-state index is 0.138. The van der Waals surface area contributed by atoms with Crippen molar-refractivity contribution >= 4 is 34.9 Å². The van der Waals surface area contributed by atoms with Crippen molar-refractivity contribution < 1.29 is 29.4 Å². The molecule has 4 aliphatic carbocycles. The monoisotopic (exact) mass is 742 g/mol. The minimum Gasteiger partial charge on any atom is -0.478 e. The third kappa shape index (κ3) is 5.93. The zero-order chi connectivity index (χ0) is 39.2. The first-order valence-electron chi connectivity index (χ1n) is 20.0. The van der Waals surface area contributed by atoms with E-state index in [1.54, 1.807) is 24.3 Å². The second kappa shape index (κ2) is 12.9. The normalized spacial score (nSPS) is 31.7. The number of hydrogen-bond acceptors (Lipinski definition) is 4. The van der Waals surface area contributed by atoms with Gasteiger partial charge in [0.1, 0.15) is 0 Å². The number of amides is 2. The number of carboxylic acids is 2. The van der Waals surface area contributed by atoms with Crippen LogP contribution < -0.4 is 0 Å². The average Bonchev–Trinajstić information content (AvgIpc) is 3.76. The molecule has 55 heavy (non-hydrogen) atoms. The van der Waals surface area contributed by atoms with Gasteiger partial charge in [0.15, 0.2) is 0 Å². The Bertz CT molecular complexity index is 1950. The van der Waals surface area contributed by atoms with Crippen molar-refractivity contribution in [3.8, 4) is 0 Å². The van der Waals surface area contributed by atoms with Gasteiger partial charge in [0.05, 0.1) is 23.0 Å². The van der Waals surface area contributed by atoms with Crippen LogP contribution in [0.4, 0.5) is 0 Å². The number of carboxylic acid groups (broad SMARTS) is 2. The molecular formula is C47H54N2O6. The standard InChI is InChI=1S/C47H54N2O6/c1-44(2)34(28-7-11-30(12-8-28)42(52)53)17-21-46(5)26-48(23-19-36(44)46)40(50)38-32-15-16-33(25-32)39(38)41(51)49-24-20-37-45(3,4)35(18-22-47(37,6)27-49)29-9-13-31(14-10-29)43(54)55/h7-14,17-20,32-33,38-39H,15-16,21-27H2,1-6H3,(H,52,53)(H,54,55)/t32?,33?,38?,39?,46-,47-/m1/s1. The van der Waals surface area contributed by atoms with Crippen LogP contribution in [0.5, 0.6) is 0 Å². The van der Waals surface area contributed by atoms with Crippen molar-refractivity contribution in [3.63, 3.8) is 0 Å². The summed E-state index contributed by atoms with van der Waals surface area (Å²) in [5.41, 5.74) is 6.54. The largest absolute Gasteiger partial charge is 0.478 e. The molecule has 2 aromatic carbocycles. The number of carbonyl (C=O) groups is 4. The number of allylic oxidation sites excluding steroid dienone is 4. The first-order valence-corrected chi connectivity index (χ1v) is 20.0. The van der Waals surface area contributed by atoms with Gasteiger partial charge in [-0.15, -0.1) is 0 Å². The van der Waals surface area contributed by atoms with E-state index in [4.69, 9.17) is 0 Å². The van der Waals surface area contributed by atoms with E-state index in [9.17, 15) is 29.4 Å². The Balaban J connectivity index is 0.997. The second-order valence-corrected chi connectivity index (χ2v) is 18.8. The van der Waals surface area contributed by atoms with Crippen LogP contribution in [0.1, 0.15) is 105 Å². The molecule has 2 amide bonds. The first-order chi connectivity index (χ1) is 25.9. The summed E-state index contributed by atoms with van der Waals surface area (Å²) in [6.45, 7) is 15.8. The minimum atomic E-state index is -0.934. The number of benzene rings is 2. The van der Waals surface area contributed by atoms with Crippen LogP contribution in [-0.2, 0) is 9.59 Å². The third-order valence-electron chi connectivity index (χ3n) is 14.6. The van der Waals surface area contributed by atoms with Gasteiger partial charge >= 0.3 is 11.9 Å². The highest BCUT2D eigenvalue weighted by Crippen LogP contribution is 2.59. The van der Waals surface area contributed by atoms with Crippen molar-refractivity contribution in [1.29, 1.82) is 0 Å². The molecule has 2 aromatic rings. The fourth-order valence-electron chi connectivity index (χ4n) is 12.2. The highest BCUT2D eigenvalue weighted by molar-refractivity contribution is 5.91. The van der Waals surface area contributed by atoms with E-state index >= 15 is 0 Å². The topological polar surface area (TPSA) is 115 Å². The Morgan fingerprint density at radius 1 is 0.564 bits per heavy atom. The van der Waals surface area contributed by atoms with Crippen LogP contribution in [0.3, 0.4) is 0 Å². The maximum Gasteiger partial charge on any atom is 0.335 e. The Labute approximate surface area is 324 Å². The summed E-state index contributed by atoms with van der Waals surface area (Å²) in [6.07, 6.45) is 13.6. The molecule has 8 rings (SSSR count). The van der Waals surface area contributed by atoms with Crippen molar-refractivity contribution in [2.75, 3.05) is 26.2 Å². The van der Waals surface area contributed by atoms with E-state index in [-0.39, 0.29) is 68.3 Å². The lowest BCUT2D eigenvalue weighted by Gasteiger charge is -2.52. The SMILES string of the molecule is CC1(C)C(c2ccc(C(=O)O)cc2)=CC[C@]2(C)CN(C(=O)C3C4CCC(C4)C3C(=O)N3CC=C4C(C)(C)C(c5ccc(C(=O)O)cc5)=CC[C@]4(C)C3)CC=C12. The molecule has 6 aliphatic rings. The number of carbonyl (C=O) groups excluding carboxylic acids is 2. The van der Waals surface area contributed by atoms with E-state index in [0.29, 0.717) is 26.2 Å². The van der Waals surface area contributed by atoms with Gasteiger partial charge in [-0.3, -0.25) is 9.59 Å². The Hall–Kier alpha value is -4.72. The van der Waals surface area contributed by atoms with Gasteiger partial charge in [0.2, 0.25) is 11.8 Å². The number of fused-ring (bicyclic) bond motifs is 4. The van der Waals surface area contributed by atoms with Gasteiger partial charge < -0.3 is 20.0 Å². The summed E-state index contributed by atoms with van der Waals surface area (Å²) in [5, 5.41) is 18.8. The molecule has 2 bridgehead atoms. The molecule has 2 saturated carbocycles. The van der Waals surface area contributed by atoms with Crippen molar-refractivity contribution in [2.24, 2.45) is 45.3 Å². The maximum atomic E-state index is 14.8. The molecule has 4 unspecified atom stereocenters. The summed E-state index contributed by atoms with van der Waals surface area (Å²) in [7, 11) is 0. The fourth-order valence-corrected chi connectivity index (χ4v) is 12.2. The smallest absolute Gasteiger partial charge is 0.335 e. The van der Waals surface area contributed by atoms with E-state index in [1.165, 1.54) is 22.3 Å². The summed E-state index contributed by atoms with van der Waals surface area (Å²) >= 11 is 0. The lowest BCUT2D eigenvalue weighted by atomic mass is 9.58. The third-order valence-corrected chi connectivity index (χ3v) is 14.6. The molecule has 0 spiro atoms. The highest BCUT2D eigenvalue weighted by atomic mass is 16.4. The van der Waals surface area contributed by atoms with Gasteiger partial charge in [0.25, 0.3) is 0 Å². The Kier molecular flexibility index (Phi) is 8.74. The summed E-state index contributed by atoms with van der Waals surface area (Å²) in [4.78, 5) is 56.5. The molecule has 2 heterocycles. The van der Waals surface area contributed by atoms with Crippen molar-refractivity contribution in [3.05, 3.63) is 106 Å². The number of rotatable bonds is 6. The van der Waals surface area contributed by atoms with Gasteiger partial charge in [-0.1, -0.05) is 101 Å². The molecule has 2 N–H and O–H groups in total. The lowest BCUT2D eigenvalue weighted by molar-refractivity contribution is -0.150. The second-order valence-electron chi connectivity index (χ2n) is 18.8. The molecule has 8 heteroatoms. The van der Waals surface area contributed by atoms with Gasteiger partial charge in [-0.05, 0) is 90.5 Å². The molecule has 2 aliphatic heterocycles. The maximum absolute atomic E-state index is 14.8. The number of aromatic carboxylic acids is 2. The number of nitrogens with zero attached hydrogens (tertiary/aromatic N) is 2. The molecular weight excluding hydrogens is 689 g/mol. The van der Waals surface area contributed by atoms with E-state index in [0.717, 1.165) is 43.2 Å². The van der Waals surface area contributed by atoms with Crippen LogP contribution in [0.25, 0.3) is 11.1 Å². The van der Waals surface area contributed by atoms with Crippen molar-refractivity contribution in [2.45, 2.75) is 73.6 Å². The predicted molar refractivity (Wildman–Crippen MR) is 213 cm³/mol. The van der Waals surface area contributed by atoms with Crippen LogP contribution in [-0.4, -0.2) is 69.9 Å². The molecule has 288 valence electrons. The van der Waals surface area contributed by atoms with Gasteiger partial charge in [-0.25, -0.2) is 9.59 Å². The molecule has 0 saturated heterocycles. The van der Waals surface area contributed by atoms with E-state index < -0.39 is 11.9 Å². The zero-order valence-electron chi connectivity index (χ0n) is 33.0. The zero-order valence-corrected chi connectivity index (χ0v) is 33.0. The Morgan fingerprint density at radius 3 is 1.27 bits per heavy atom. The molecule has 6 atom stereocenters. The Morgan fingerprint density at radius 2 is 0.927 bits per heavy atom. The average molecular weight is 743 g/mol. The molecule has 0 radical (unpaired) electrons. The molecule has 2 fully saturated rings. The van der Waals surface area contributed by atoms with Crippen LogP contribution in [0.15, 0.2) is 84.0 Å². The molecule has 8 nitrogen and oxygen atoms in total. The van der Waals surface area contributed by atoms with Crippen LogP contribution >= 0.6 is 0 Å². The summed E-state index contributed by atoms with van der Waals surface area (Å²) in [5.74, 6) is -1.69. The highest BCUT2D eigenvalue weighted by Gasteiger charge is 2.57. The summed E-state index contributed by atoms with van der Waals surface area (Å²) in [6, 6.07) is 14.3.